The van der Waals surface area contributed by atoms with Crippen molar-refractivity contribution in [2.24, 2.45) is 0 Å². The Morgan fingerprint density at radius 2 is 1.88 bits per heavy atom. The van der Waals surface area contributed by atoms with Crippen LogP contribution in [0.4, 0.5) is 10.1 Å². The van der Waals surface area contributed by atoms with E-state index in [2.05, 4.69) is 5.32 Å². The molecule has 1 aliphatic heterocycles. The molecule has 7 heteroatoms. The van der Waals surface area contributed by atoms with Gasteiger partial charge >= 0.3 is 0 Å². The molecule has 1 atom stereocenters. The smallest absolute Gasteiger partial charge is 0.255 e. The summed E-state index contributed by atoms with van der Waals surface area (Å²) in [5.74, 6) is 0.155. The summed E-state index contributed by atoms with van der Waals surface area (Å²) in [5.41, 5.74) is 0.969. The molecule has 1 unspecified atom stereocenters. The van der Waals surface area contributed by atoms with Crippen molar-refractivity contribution in [2.45, 2.75) is 12.5 Å². The van der Waals surface area contributed by atoms with Gasteiger partial charge in [0, 0.05) is 24.7 Å². The van der Waals surface area contributed by atoms with Crippen LogP contribution < -0.4 is 19.7 Å². The number of benzene rings is 2. The SMILES string of the molecule is COc1ccc(C(=O)NC2CC(=O)N(c3ccc(F)cc3)C2)c(OC)c1. The fourth-order valence-corrected chi connectivity index (χ4v) is 2.92. The summed E-state index contributed by atoms with van der Waals surface area (Å²) in [6.45, 7) is 0.328. The number of ether oxygens (including phenoxy) is 2. The normalized spacial score (nSPS) is 16.5. The maximum absolute atomic E-state index is 13.1. The van der Waals surface area contributed by atoms with Gasteiger partial charge in [-0.3, -0.25) is 9.59 Å². The van der Waals surface area contributed by atoms with Crippen molar-refractivity contribution in [3.05, 3.63) is 53.8 Å². The van der Waals surface area contributed by atoms with Gasteiger partial charge in [-0.25, -0.2) is 4.39 Å². The van der Waals surface area contributed by atoms with Crippen LogP contribution >= 0.6 is 0 Å². The lowest BCUT2D eigenvalue weighted by atomic mass is 10.1. The van der Waals surface area contributed by atoms with Crippen LogP contribution in [0.5, 0.6) is 11.5 Å². The zero-order chi connectivity index (χ0) is 18.7. The van der Waals surface area contributed by atoms with E-state index >= 15 is 0 Å². The van der Waals surface area contributed by atoms with Crippen molar-refractivity contribution in [2.75, 3.05) is 25.7 Å². The second kappa shape index (κ2) is 7.43. The minimum Gasteiger partial charge on any atom is -0.497 e. The predicted octanol–water partition coefficient (Wildman–Crippen LogP) is 2.38. The predicted molar refractivity (Wildman–Crippen MR) is 94.2 cm³/mol. The zero-order valence-corrected chi connectivity index (χ0v) is 14.5. The molecule has 26 heavy (non-hydrogen) atoms. The van der Waals surface area contributed by atoms with Gasteiger partial charge in [0.05, 0.1) is 25.8 Å². The molecule has 136 valence electrons. The largest absolute Gasteiger partial charge is 0.497 e. The third-order valence-corrected chi connectivity index (χ3v) is 4.25. The summed E-state index contributed by atoms with van der Waals surface area (Å²) in [6.07, 6.45) is 0.182. The van der Waals surface area contributed by atoms with Crippen LogP contribution in [0.3, 0.4) is 0 Å². The fourth-order valence-electron chi connectivity index (χ4n) is 2.92. The number of nitrogens with zero attached hydrogens (tertiary/aromatic N) is 1. The second-order valence-corrected chi connectivity index (χ2v) is 5.92. The number of carbonyl (C=O) groups excluding carboxylic acids is 2. The molecule has 0 radical (unpaired) electrons. The highest BCUT2D eigenvalue weighted by Gasteiger charge is 2.32. The Bertz CT molecular complexity index is 823. The minimum absolute atomic E-state index is 0.122. The monoisotopic (exact) mass is 358 g/mol. The van der Waals surface area contributed by atoms with Crippen molar-refractivity contribution in [3.8, 4) is 11.5 Å². The molecule has 2 amide bonds. The molecule has 1 heterocycles. The Morgan fingerprint density at radius 3 is 2.54 bits per heavy atom. The summed E-state index contributed by atoms with van der Waals surface area (Å²) >= 11 is 0. The van der Waals surface area contributed by atoms with Gasteiger partial charge in [-0.2, -0.15) is 0 Å². The van der Waals surface area contributed by atoms with Crippen molar-refractivity contribution in [1.29, 1.82) is 0 Å². The summed E-state index contributed by atoms with van der Waals surface area (Å²) in [5, 5.41) is 2.85. The highest BCUT2D eigenvalue weighted by Crippen LogP contribution is 2.26. The molecule has 1 fully saturated rings. The summed E-state index contributed by atoms with van der Waals surface area (Å²) < 4.78 is 23.4. The Kier molecular flexibility index (Phi) is 5.06. The summed E-state index contributed by atoms with van der Waals surface area (Å²) in [4.78, 5) is 26.3. The number of rotatable bonds is 5. The van der Waals surface area contributed by atoms with Crippen molar-refractivity contribution >= 4 is 17.5 Å². The molecule has 2 aromatic carbocycles. The van der Waals surface area contributed by atoms with E-state index in [1.165, 1.54) is 31.3 Å². The van der Waals surface area contributed by atoms with Gasteiger partial charge in [-0.05, 0) is 36.4 Å². The first kappa shape index (κ1) is 17.7. The number of methoxy groups -OCH3 is 2. The molecule has 0 bridgehead atoms. The van der Waals surface area contributed by atoms with Crippen LogP contribution in [0.15, 0.2) is 42.5 Å². The van der Waals surface area contributed by atoms with E-state index in [1.807, 2.05) is 0 Å². The first-order chi connectivity index (χ1) is 12.5. The molecule has 0 aromatic heterocycles. The number of hydrogen-bond donors (Lipinski definition) is 1. The molecular weight excluding hydrogens is 339 g/mol. The molecular formula is C19H19FN2O4. The van der Waals surface area contributed by atoms with E-state index in [0.717, 1.165) is 0 Å². The first-order valence-electron chi connectivity index (χ1n) is 8.10. The van der Waals surface area contributed by atoms with Crippen LogP contribution in [0.1, 0.15) is 16.8 Å². The van der Waals surface area contributed by atoms with Gasteiger partial charge in [0.15, 0.2) is 0 Å². The average Bonchev–Trinajstić information content (AvgIpc) is 3.01. The highest BCUT2D eigenvalue weighted by molar-refractivity contribution is 6.00. The lowest BCUT2D eigenvalue weighted by molar-refractivity contribution is -0.117. The van der Waals surface area contributed by atoms with Gasteiger partial charge in [0.2, 0.25) is 5.91 Å². The molecule has 6 nitrogen and oxygen atoms in total. The molecule has 0 aliphatic carbocycles. The molecule has 1 saturated heterocycles. The lowest BCUT2D eigenvalue weighted by Gasteiger charge is -2.17. The molecule has 1 N–H and O–H groups in total. The highest BCUT2D eigenvalue weighted by atomic mass is 19.1. The number of carbonyl (C=O) groups is 2. The number of halogens is 1. The Labute approximate surface area is 150 Å². The number of amides is 2. The van der Waals surface area contributed by atoms with Crippen LogP contribution in [-0.2, 0) is 4.79 Å². The van der Waals surface area contributed by atoms with Crippen LogP contribution in [0.25, 0.3) is 0 Å². The fraction of sp³-hybridized carbons (Fsp3) is 0.263. The number of anilines is 1. The Balaban J connectivity index is 1.71. The standard InChI is InChI=1S/C19H19FN2O4/c1-25-15-7-8-16(17(10-15)26-2)19(24)21-13-9-18(23)22(11-13)14-5-3-12(20)4-6-14/h3-8,10,13H,9,11H2,1-2H3,(H,21,24). The molecule has 2 aromatic rings. The Hall–Kier alpha value is -3.09. The van der Waals surface area contributed by atoms with Crippen LogP contribution in [-0.4, -0.2) is 38.6 Å². The molecule has 3 rings (SSSR count). The van der Waals surface area contributed by atoms with Gasteiger partial charge in [-0.1, -0.05) is 0 Å². The Morgan fingerprint density at radius 1 is 1.15 bits per heavy atom. The summed E-state index contributed by atoms with van der Waals surface area (Å²) in [6, 6.07) is 10.3. The quantitative estimate of drug-likeness (QED) is 0.891. The topological polar surface area (TPSA) is 67.9 Å². The molecule has 1 aliphatic rings. The van der Waals surface area contributed by atoms with Crippen LogP contribution in [0.2, 0.25) is 0 Å². The van der Waals surface area contributed by atoms with Crippen molar-refractivity contribution < 1.29 is 23.5 Å². The summed E-state index contributed by atoms with van der Waals surface area (Å²) in [7, 11) is 3.00. The van der Waals surface area contributed by atoms with E-state index < -0.39 is 0 Å². The molecule has 0 spiro atoms. The van der Waals surface area contributed by atoms with E-state index in [-0.39, 0.29) is 30.1 Å². The van der Waals surface area contributed by atoms with E-state index in [1.54, 1.807) is 30.3 Å². The van der Waals surface area contributed by atoms with Crippen molar-refractivity contribution in [3.63, 3.8) is 0 Å². The number of hydrogen-bond acceptors (Lipinski definition) is 4. The van der Waals surface area contributed by atoms with Gasteiger partial charge in [0.1, 0.15) is 17.3 Å². The third-order valence-electron chi connectivity index (χ3n) is 4.25. The van der Waals surface area contributed by atoms with Crippen LogP contribution in [0, 0.1) is 5.82 Å². The van der Waals surface area contributed by atoms with Gasteiger partial charge in [-0.15, -0.1) is 0 Å². The van der Waals surface area contributed by atoms with E-state index in [0.29, 0.717) is 29.3 Å². The van der Waals surface area contributed by atoms with Gasteiger partial charge in [0.25, 0.3) is 5.91 Å². The molecule has 0 saturated carbocycles. The second-order valence-electron chi connectivity index (χ2n) is 5.92. The zero-order valence-electron chi connectivity index (χ0n) is 14.5. The number of nitrogens with one attached hydrogen (secondary N) is 1. The van der Waals surface area contributed by atoms with E-state index in [4.69, 9.17) is 9.47 Å². The average molecular weight is 358 g/mol. The maximum Gasteiger partial charge on any atom is 0.255 e. The lowest BCUT2D eigenvalue weighted by Crippen LogP contribution is -2.37. The third kappa shape index (κ3) is 3.61. The minimum atomic E-state index is -0.364. The maximum atomic E-state index is 13.1. The van der Waals surface area contributed by atoms with E-state index in [9.17, 15) is 14.0 Å². The van der Waals surface area contributed by atoms with Gasteiger partial charge < -0.3 is 19.7 Å². The van der Waals surface area contributed by atoms with Crippen molar-refractivity contribution in [1.82, 2.24) is 5.32 Å². The first-order valence-corrected chi connectivity index (χ1v) is 8.10.